The van der Waals surface area contributed by atoms with Gasteiger partial charge in [-0.2, -0.15) is 4.98 Å². The first-order valence-corrected chi connectivity index (χ1v) is 6.25. The molecule has 0 bridgehead atoms. The highest BCUT2D eigenvalue weighted by atomic mass is 19.1. The highest BCUT2D eigenvalue weighted by molar-refractivity contribution is 5.41. The minimum atomic E-state index is -0.403. The molecule has 1 aliphatic rings. The van der Waals surface area contributed by atoms with Crippen molar-refractivity contribution in [2.75, 3.05) is 37.8 Å². The second kappa shape index (κ2) is 5.48. The van der Waals surface area contributed by atoms with E-state index < -0.39 is 5.82 Å². The molecule has 0 radical (unpaired) electrons. The quantitative estimate of drug-likeness (QED) is 0.853. The maximum atomic E-state index is 13.6. The maximum absolute atomic E-state index is 13.6. The van der Waals surface area contributed by atoms with Crippen molar-refractivity contribution in [3.8, 4) is 0 Å². The van der Waals surface area contributed by atoms with E-state index in [1.807, 2.05) is 0 Å². The number of nitrogens with one attached hydrogen (secondary N) is 2. The molecule has 1 aliphatic heterocycles. The van der Waals surface area contributed by atoms with Crippen LogP contribution >= 0.6 is 0 Å². The van der Waals surface area contributed by atoms with Gasteiger partial charge in [0.15, 0.2) is 11.6 Å². The lowest BCUT2D eigenvalue weighted by molar-refractivity contribution is 0.205. The van der Waals surface area contributed by atoms with Crippen molar-refractivity contribution in [1.82, 2.24) is 14.9 Å². The standard InChI is InChI=1S/C12H20FN5/c1-8-7-18(3)5-4-10(8)16-11-9(13)6-15-12(14-2)17-11/h6,8,10H,4-5,7H2,1-3H3,(H2,14,15,16,17). The monoisotopic (exact) mass is 253 g/mol. The zero-order chi connectivity index (χ0) is 13.1. The van der Waals surface area contributed by atoms with Crippen molar-refractivity contribution < 1.29 is 4.39 Å². The molecule has 2 unspecified atom stereocenters. The van der Waals surface area contributed by atoms with E-state index in [0.717, 1.165) is 19.5 Å². The molecule has 18 heavy (non-hydrogen) atoms. The zero-order valence-electron chi connectivity index (χ0n) is 11.1. The van der Waals surface area contributed by atoms with Crippen LogP contribution in [0.2, 0.25) is 0 Å². The lowest BCUT2D eigenvalue weighted by Crippen LogP contribution is -2.43. The number of aromatic nitrogens is 2. The third-order valence-corrected chi connectivity index (χ3v) is 3.40. The smallest absolute Gasteiger partial charge is 0.224 e. The molecule has 1 aromatic heterocycles. The fraction of sp³-hybridized carbons (Fsp3) is 0.667. The Hall–Kier alpha value is -1.43. The van der Waals surface area contributed by atoms with Gasteiger partial charge in [-0.3, -0.25) is 0 Å². The second-order valence-corrected chi connectivity index (χ2v) is 4.92. The summed E-state index contributed by atoms with van der Waals surface area (Å²) in [5, 5.41) is 6.01. The van der Waals surface area contributed by atoms with Crippen LogP contribution in [0.25, 0.3) is 0 Å². The number of likely N-dealkylation sites (tertiary alicyclic amines) is 1. The van der Waals surface area contributed by atoms with Crippen molar-refractivity contribution in [1.29, 1.82) is 0 Å². The lowest BCUT2D eigenvalue weighted by Gasteiger charge is -2.35. The Morgan fingerprint density at radius 1 is 1.50 bits per heavy atom. The van der Waals surface area contributed by atoms with Crippen molar-refractivity contribution in [2.45, 2.75) is 19.4 Å². The Morgan fingerprint density at radius 3 is 2.94 bits per heavy atom. The summed E-state index contributed by atoms with van der Waals surface area (Å²) in [6, 6.07) is 0.260. The van der Waals surface area contributed by atoms with Gasteiger partial charge in [0, 0.05) is 19.6 Å². The molecular weight excluding hydrogens is 233 g/mol. The van der Waals surface area contributed by atoms with Gasteiger partial charge in [0.2, 0.25) is 5.95 Å². The van der Waals surface area contributed by atoms with Gasteiger partial charge in [-0.1, -0.05) is 6.92 Å². The van der Waals surface area contributed by atoms with Crippen LogP contribution in [-0.4, -0.2) is 48.1 Å². The molecule has 0 amide bonds. The Bertz CT molecular complexity index is 411. The zero-order valence-corrected chi connectivity index (χ0v) is 11.1. The molecule has 2 N–H and O–H groups in total. The molecule has 1 saturated heterocycles. The molecule has 5 nitrogen and oxygen atoms in total. The summed E-state index contributed by atoms with van der Waals surface area (Å²) in [7, 11) is 3.83. The van der Waals surface area contributed by atoms with Crippen molar-refractivity contribution >= 4 is 11.8 Å². The Balaban J connectivity index is 2.08. The van der Waals surface area contributed by atoms with E-state index in [4.69, 9.17) is 0 Å². The van der Waals surface area contributed by atoms with Crippen molar-refractivity contribution in [2.24, 2.45) is 5.92 Å². The van der Waals surface area contributed by atoms with E-state index in [9.17, 15) is 4.39 Å². The van der Waals surface area contributed by atoms with Gasteiger partial charge in [0.05, 0.1) is 6.20 Å². The third-order valence-electron chi connectivity index (χ3n) is 3.40. The summed E-state index contributed by atoms with van der Waals surface area (Å²) >= 11 is 0. The minimum Gasteiger partial charge on any atom is -0.364 e. The molecule has 6 heteroatoms. The molecule has 2 rings (SSSR count). The molecule has 2 heterocycles. The normalized spacial score (nSPS) is 24.9. The van der Waals surface area contributed by atoms with Crippen molar-refractivity contribution in [3.05, 3.63) is 12.0 Å². The van der Waals surface area contributed by atoms with E-state index in [-0.39, 0.29) is 11.9 Å². The number of rotatable bonds is 3. The number of anilines is 2. The number of piperidine rings is 1. The molecule has 0 spiro atoms. The van der Waals surface area contributed by atoms with E-state index in [1.165, 1.54) is 6.20 Å². The number of halogens is 1. The van der Waals surface area contributed by atoms with Gasteiger partial charge in [-0.05, 0) is 25.9 Å². The topological polar surface area (TPSA) is 53.1 Å². The lowest BCUT2D eigenvalue weighted by atomic mass is 9.94. The first-order valence-electron chi connectivity index (χ1n) is 6.25. The van der Waals surface area contributed by atoms with Gasteiger partial charge in [-0.25, -0.2) is 9.37 Å². The van der Waals surface area contributed by atoms with Gasteiger partial charge in [0.25, 0.3) is 0 Å². The summed E-state index contributed by atoms with van der Waals surface area (Å²) in [6.45, 7) is 4.21. The van der Waals surface area contributed by atoms with Gasteiger partial charge in [0.1, 0.15) is 0 Å². The van der Waals surface area contributed by atoms with Crippen LogP contribution in [0.5, 0.6) is 0 Å². The van der Waals surface area contributed by atoms with Crippen LogP contribution in [-0.2, 0) is 0 Å². The van der Waals surface area contributed by atoms with Crippen molar-refractivity contribution in [3.63, 3.8) is 0 Å². The van der Waals surface area contributed by atoms with Crippen LogP contribution in [0.3, 0.4) is 0 Å². The maximum Gasteiger partial charge on any atom is 0.224 e. The van der Waals surface area contributed by atoms with Crippen LogP contribution in [0.1, 0.15) is 13.3 Å². The van der Waals surface area contributed by atoms with E-state index >= 15 is 0 Å². The number of hydrogen-bond donors (Lipinski definition) is 2. The van der Waals surface area contributed by atoms with E-state index in [1.54, 1.807) is 7.05 Å². The fourth-order valence-electron chi connectivity index (χ4n) is 2.33. The second-order valence-electron chi connectivity index (χ2n) is 4.92. The number of hydrogen-bond acceptors (Lipinski definition) is 5. The molecule has 2 atom stereocenters. The first-order chi connectivity index (χ1) is 8.60. The van der Waals surface area contributed by atoms with E-state index in [0.29, 0.717) is 11.9 Å². The largest absolute Gasteiger partial charge is 0.364 e. The van der Waals surface area contributed by atoms with E-state index in [2.05, 4.69) is 39.5 Å². The summed E-state index contributed by atoms with van der Waals surface area (Å²) in [5.41, 5.74) is 0. The summed E-state index contributed by atoms with van der Waals surface area (Å²) < 4.78 is 13.6. The molecular formula is C12H20FN5. The first kappa shape index (κ1) is 13.0. The predicted molar refractivity (Wildman–Crippen MR) is 70.2 cm³/mol. The summed E-state index contributed by atoms with van der Waals surface area (Å²) in [5.74, 6) is 0.784. The highest BCUT2D eigenvalue weighted by Gasteiger charge is 2.25. The van der Waals surface area contributed by atoms with Crippen LogP contribution in [0, 0.1) is 11.7 Å². The van der Waals surface area contributed by atoms with Crippen LogP contribution in [0.15, 0.2) is 6.20 Å². The fourth-order valence-corrected chi connectivity index (χ4v) is 2.33. The Morgan fingerprint density at radius 2 is 2.28 bits per heavy atom. The third kappa shape index (κ3) is 2.87. The average molecular weight is 253 g/mol. The van der Waals surface area contributed by atoms with Gasteiger partial charge >= 0.3 is 0 Å². The molecule has 0 aliphatic carbocycles. The van der Waals surface area contributed by atoms with Gasteiger partial charge in [-0.15, -0.1) is 0 Å². The average Bonchev–Trinajstić information content (AvgIpc) is 2.35. The SMILES string of the molecule is CNc1ncc(F)c(NC2CCN(C)CC2C)n1. The summed E-state index contributed by atoms with van der Waals surface area (Å²) in [4.78, 5) is 10.2. The molecule has 0 saturated carbocycles. The van der Waals surface area contributed by atoms with Crippen LogP contribution < -0.4 is 10.6 Å². The Kier molecular flexibility index (Phi) is 3.96. The minimum absolute atomic E-state index is 0.260. The van der Waals surface area contributed by atoms with Crippen LogP contribution in [0.4, 0.5) is 16.2 Å². The molecule has 0 aromatic carbocycles. The molecule has 1 fully saturated rings. The Labute approximate surface area is 107 Å². The predicted octanol–water partition coefficient (Wildman–Crippen LogP) is 1.41. The molecule has 100 valence electrons. The number of nitrogens with zero attached hydrogens (tertiary/aromatic N) is 3. The highest BCUT2D eigenvalue weighted by Crippen LogP contribution is 2.21. The van der Waals surface area contributed by atoms with Gasteiger partial charge < -0.3 is 15.5 Å². The molecule has 1 aromatic rings. The summed E-state index contributed by atoms with van der Waals surface area (Å²) in [6.07, 6.45) is 2.19.